The maximum absolute atomic E-state index is 5.67. The van der Waals surface area contributed by atoms with Gasteiger partial charge in [0.15, 0.2) is 0 Å². The van der Waals surface area contributed by atoms with Crippen molar-refractivity contribution in [3.05, 3.63) is 60.1 Å². The number of rotatable bonds is 5. The highest BCUT2D eigenvalue weighted by Crippen LogP contribution is 2.32. The molecule has 1 aliphatic carbocycles. The van der Waals surface area contributed by atoms with Crippen molar-refractivity contribution in [3.8, 4) is 0 Å². The van der Waals surface area contributed by atoms with Gasteiger partial charge in [-0.05, 0) is 36.5 Å². The standard InChI is InChI=1S/C18H23NO/c1-2-14-10-6-11-16(14)19-18(17-12-7-13-20-17)15-8-4-3-5-9-15/h3-5,7-9,12-14,16,18-19H,2,6,10-11H2,1H3. The molecule has 2 aromatic rings. The summed E-state index contributed by atoms with van der Waals surface area (Å²) >= 11 is 0. The molecule has 0 bridgehead atoms. The monoisotopic (exact) mass is 269 g/mol. The minimum atomic E-state index is 0.170. The van der Waals surface area contributed by atoms with Crippen molar-refractivity contribution in [2.24, 2.45) is 5.92 Å². The Kier molecular flexibility index (Phi) is 4.22. The third-order valence-corrected chi connectivity index (χ3v) is 4.52. The average Bonchev–Trinajstić information content (AvgIpc) is 3.16. The second-order valence-electron chi connectivity index (χ2n) is 5.73. The van der Waals surface area contributed by atoms with Gasteiger partial charge in [0.05, 0.1) is 12.3 Å². The first-order chi connectivity index (χ1) is 9.88. The molecule has 0 aliphatic heterocycles. The van der Waals surface area contributed by atoms with E-state index in [1.54, 1.807) is 6.26 Å². The molecule has 3 atom stereocenters. The predicted molar refractivity (Wildman–Crippen MR) is 81.5 cm³/mol. The van der Waals surface area contributed by atoms with Crippen molar-refractivity contribution >= 4 is 0 Å². The van der Waals surface area contributed by atoms with Gasteiger partial charge in [0, 0.05) is 6.04 Å². The molecule has 3 unspecified atom stereocenters. The summed E-state index contributed by atoms with van der Waals surface area (Å²) in [5.74, 6) is 1.81. The lowest BCUT2D eigenvalue weighted by Gasteiger charge is -2.26. The topological polar surface area (TPSA) is 25.2 Å². The molecular formula is C18H23NO. The van der Waals surface area contributed by atoms with Crippen LogP contribution in [0.5, 0.6) is 0 Å². The van der Waals surface area contributed by atoms with Crippen molar-refractivity contribution < 1.29 is 4.42 Å². The third kappa shape index (κ3) is 2.80. The molecule has 2 heteroatoms. The minimum absolute atomic E-state index is 0.170. The molecule has 3 rings (SSSR count). The summed E-state index contributed by atoms with van der Waals surface area (Å²) in [7, 11) is 0. The molecular weight excluding hydrogens is 246 g/mol. The van der Waals surface area contributed by atoms with E-state index >= 15 is 0 Å². The van der Waals surface area contributed by atoms with E-state index < -0.39 is 0 Å². The van der Waals surface area contributed by atoms with Crippen LogP contribution in [0.2, 0.25) is 0 Å². The zero-order valence-corrected chi connectivity index (χ0v) is 12.1. The lowest BCUT2D eigenvalue weighted by molar-refractivity contribution is 0.343. The van der Waals surface area contributed by atoms with Crippen molar-refractivity contribution in [2.75, 3.05) is 0 Å². The quantitative estimate of drug-likeness (QED) is 0.862. The minimum Gasteiger partial charge on any atom is -0.467 e. The molecule has 0 saturated heterocycles. The van der Waals surface area contributed by atoms with Crippen LogP contribution in [-0.2, 0) is 0 Å². The largest absolute Gasteiger partial charge is 0.467 e. The maximum Gasteiger partial charge on any atom is 0.125 e. The molecule has 1 aromatic heterocycles. The molecule has 1 saturated carbocycles. The van der Waals surface area contributed by atoms with Gasteiger partial charge < -0.3 is 9.73 Å². The number of furan rings is 1. The van der Waals surface area contributed by atoms with Crippen molar-refractivity contribution in [1.82, 2.24) is 5.32 Å². The Morgan fingerprint density at radius 1 is 1.15 bits per heavy atom. The zero-order chi connectivity index (χ0) is 13.8. The fourth-order valence-corrected chi connectivity index (χ4v) is 3.40. The lowest BCUT2D eigenvalue weighted by Crippen LogP contribution is -2.35. The number of hydrogen-bond acceptors (Lipinski definition) is 2. The van der Waals surface area contributed by atoms with Gasteiger partial charge in [-0.3, -0.25) is 0 Å². The molecule has 1 aliphatic rings. The molecule has 2 nitrogen and oxygen atoms in total. The van der Waals surface area contributed by atoms with Crippen LogP contribution in [0.1, 0.15) is 50.0 Å². The second kappa shape index (κ2) is 6.27. The van der Waals surface area contributed by atoms with E-state index in [1.165, 1.54) is 31.2 Å². The smallest absolute Gasteiger partial charge is 0.125 e. The Bertz CT molecular complexity index is 505. The average molecular weight is 269 g/mol. The van der Waals surface area contributed by atoms with E-state index in [-0.39, 0.29) is 6.04 Å². The highest BCUT2D eigenvalue weighted by atomic mass is 16.3. The van der Waals surface area contributed by atoms with E-state index in [0.717, 1.165) is 11.7 Å². The van der Waals surface area contributed by atoms with E-state index in [2.05, 4.69) is 48.6 Å². The van der Waals surface area contributed by atoms with Crippen LogP contribution in [0.15, 0.2) is 53.1 Å². The summed E-state index contributed by atoms with van der Waals surface area (Å²) in [6.07, 6.45) is 7.00. The first-order valence-corrected chi connectivity index (χ1v) is 7.73. The van der Waals surface area contributed by atoms with E-state index in [9.17, 15) is 0 Å². The van der Waals surface area contributed by atoms with Crippen LogP contribution in [0.3, 0.4) is 0 Å². The Morgan fingerprint density at radius 2 is 2.00 bits per heavy atom. The Hall–Kier alpha value is -1.54. The SMILES string of the molecule is CCC1CCCC1NC(c1ccccc1)c1ccco1. The molecule has 0 radical (unpaired) electrons. The van der Waals surface area contributed by atoms with Crippen molar-refractivity contribution in [2.45, 2.75) is 44.7 Å². The van der Waals surface area contributed by atoms with E-state index in [1.807, 2.05) is 6.07 Å². The predicted octanol–water partition coefficient (Wildman–Crippen LogP) is 4.54. The van der Waals surface area contributed by atoms with Gasteiger partial charge in [-0.2, -0.15) is 0 Å². The van der Waals surface area contributed by atoms with E-state index in [4.69, 9.17) is 4.42 Å². The number of hydrogen-bond donors (Lipinski definition) is 1. The second-order valence-corrected chi connectivity index (χ2v) is 5.73. The Balaban J connectivity index is 1.83. The zero-order valence-electron chi connectivity index (χ0n) is 12.1. The molecule has 1 fully saturated rings. The van der Waals surface area contributed by atoms with Crippen LogP contribution in [0, 0.1) is 5.92 Å². The Morgan fingerprint density at radius 3 is 2.70 bits per heavy atom. The molecule has 1 heterocycles. The first kappa shape index (κ1) is 13.4. The highest BCUT2D eigenvalue weighted by Gasteiger charge is 2.29. The van der Waals surface area contributed by atoms with Crippen LogP contribution >= 0.6 is 0 Å². The maximum atomic E-state index is 5.67. The molecule has 0 amide bonds. The summed E-state index contributed by atoms with van der Waals surface area (Å²) in [6.45, 7) is 2.30. The Labute approximate surface area is 121 Å². The van der Waals surface area contributed by atoms with Crippen LogP contribution in [0.25, 0.3) is 0 Å². The van der Waals surface area contributed by atoms with Gasteiger partial charge in [0.25, 0.3) is 0 Å². The van der Waals surface area contributed by atoms with Crippen LogP contribution < -0.4 is 5.32 Å². The number of nitrogens with one attached hydrogen (secondary N) is 1. The van der Waals surface area contributed by atoms with Gasteiger partial charge in [0.1, 0.15) is 5.76 Å². The first-order valence-electron chi connectivity index (χ1n) is 7.73. The fourth-order valence-electron chi connectivity index (χ4n) is 3.40. The summed E-state index contributed by atoms with van der Waals surface area (Å²) in [6, 6.07) is 15.4. The molecule has 1 N–H and O–H groups in total. The lowest BCUT2D eigenvalue weighted by atomic mass is 9.97. The van der Waals surface area contributed by atoms with Crippen molar-refractivity contribution in [1.29, 1.82) is 0 Å². The summed E-state index contributed by atoms with van der Waals surface area (Å²) < 4.78 is 5.67. The fraction of sp³-hybridized carbons (Fsp3) is 0.444. The van der Waals surface area contributed by atoms with E-state index in [0.29, 0.717) is 6.04 Å². The molecule has 20 heavy (non-hydrogen) atoms. The molecule has 106 valence electrons. The normalized spacial score (nSPS) is 23.9. The van der Waals surface area contributed by atoms with Gasteiger partial charge in [-0.1, -0.05) is 50.1 Å². The molecule has 0 spiro atoms. The van der Waals surface area contributed by atoms with Gasteiger partial charge in [-0.25, -0.2) is 0 Å². The van der Waals surface area contributed by atoms with Gasteiger partial charge in [0.2, 0.25) is 0 Å². The molecule has 1 aromatic carbocycles. The summed E-state index contributed by atoms with van der Waals surface area (Å²) in [5.41, 5.74) is 1.28. The summed E-state index contributed by atoms with van der Waals surface area (Å²) in [4.78, 5) is 0. The van der Waals surface area contributed by atoms with Crippen LogP contribution in [-0.4, -0.2) is 6.04 Å². The highest BCUT2D eigenvalue weighted by molar-refractivity contribution is 5.26. The third-order valence-electron chi connectivity index (χ3n) is 4.52. The van der Waals surface area contributed by atoms with Crippen LogP contribution in [0.4, 0.5) is 0 Å². The van der Waals surface area contributed by atoms with Crippen molar-refractivity contribution in [3.63, 3.8) is 0 Å². The number of benzene rings is 1. The van der Waals surface area contributed by atoms with Gasteiger partial charge in [-0.15, -0.1) is 0 Å². The summed E-state index contributed by atoms with van der Waals surface area (Å²) in [5, 5.41) is 3.84. The van der Waals surface area contributed by atoms with Gasteiger partial charge >= 0.3 is 0 Å².